The molecular weight excluding hydrogens is 398 g/mol. The van der Waals surface area contributed by atoms with E-state index in [2.05, 4.69) is 12.1 Å². The maximum atomic E-state index is 10.0. The first-order chi connectivity index (χ1) is 15.8. The summed E-state index contributed by atoms with van der Waals surface area (Å²) in [5, 5.41) is 10.0. The first kappa shape index (κ1) is 18.2. The topological polar surface area (TPSA) is 59.5 Å². The Kier molecular flexibility index (Phi) is 4.15. The van der Waals surface area contributed by atoms with Crippen molar-refractivity contribution in [2.45, 2.75) is 0 Å². The number of imidazole rings is 1. The van der Waals surface area contributed by atoms with Crippen LogP contribution in [-0.2, 0) is 0 Å². The van der Waals surface area contributed by atoms with Crippen LogP contribution in [0, 0.1) is 11.3 Å². The van der Waals surface area contributed by atoms with Gasteiger partial charge in [0.15, 0.2) is 17.1 Å². The molecule has 0 radical (unpaired) electrons. The molecule has 0 amide bonds. The zero-order valence-corrected chi connectivity index (χ0v) is 17.0. The van der Waals surface area contributed by atoms with Gasteiger partial charge in [0.25, 0.3) is 0 Å². The molecule has 5 heteroatoms. The van der Waals surface area contributed by atoms with Crippen molar-refractivity contribution in [2.75, 3.05) is 6.79 Å². The van der Waals surface area contributed by atoms with Gasteiger partial charge in [-0.1, -0.05) is 54.6 Å². The monoisotopic (exact) mass is 415 g/mol. The predicted molar refractivity (Wildman–Crippen MR) is 124 cm³/mol. The van der Waals surface area contributed by atoms with Crippen LogP contribution in [0.4, 0.5) is 0 Å². The van der Waals surface area contributed by atoms with Crippen molar-refractivity contribution in [3.63, 3.8) is 0 Å². The molecule has 1 aliphatic rings. The lowest BCUT2D eigenvalue weighted by molar-refractivity contribution is 0.174. The lowest BCUT2D eigenvalue weighted by Crippen LogP contribution is -1.98. The van der Waals surface area contributed by atoms with Gasteiger partial charge in [0.1, 0.15) is 11.6 Å². The third-order valence-electron chi connectivity index (χ3n) is 5.64. The molecule has 0 fully saturated rings. The van der Waals surface area contributed by atoms with E-state index in [1.165, 1.54) is 0 Å². The molecule has 5 aromatic rings. The molecule has 0 saturated heterocycles. The summed E-state index contributed by atoms with van der Waals surface area (Å²) in [6.07, 6.45) is 4.08. The van der Waals surface area contributed by atoms with Crippen LogP contribution in [-0.4, -0.2) is 16.2 Å². The van der Waals surface area contributed by atoms with Crippen LogP contribution < -0.4 is 9.47 Å². The average Bonchev–Trinajstić information content (AvgIpc) is 3.47. The van der Waals surface area contributed by atoms with Crippen molar-refractivity contribution >= 4 is 28.8 Å². The molecule has 0 atom stereocenters. The zero-order chi connectivity index (χ0) is 21.5. The van der Waals surface area contributed by atoms with Crippen molar-refractivity contribution in [1.82, 2.24) is 9.38 Å². The highest BCUT2D eigenvalue weighted by Crippen LogP contribution is 2.34. The molecule has 3 heterocycles. The molecule has 32 heavy (non-hydrogen) atoms. The number of nitriles is 1. The van der Waals surface area contributed by atoms with E-state index in [0.717, 1.165) is 44.9 Å². The number of aromatic nitrogens is 2. The summed E-state index contributed by atoms with van der Waals surface area (Å²) in [6, 6.07) is 28.2. The van der Waals surface area contributed by atoms with Gasteiger partial charge in [-0.3, -0.25) is 4.40 Å². The summed E-state index contributed by atoms with van der Waals surface area (Å²) >= 11 is 0. The molecule has 0 unspecified atom stereocenters. The van der Waals surface area contributed by atoms with Gasteiger partial charge in [0.2, 0.25) is 6.79 Å². The van der Waals surface area contributed by atoms with Gasteiger partial charge < -0.3 is 9.47 Å². The summed E-state index contributed by atoms with van der Waals surface area (Å²) in [6.45, 7) is 0.250. The Morgan fingerprint density at radius 2 is 1.69 bits per heavy atom. The highest BCUT2D eigenvalue weighted by atomic mass is 16.7. The molecule has 0 N–H and O–H groups in total. The highest BCUT2D eigenvalue weighted by Gasteiger charge is 2.17. The Morgan fingerprint density at radius 1 is 0.875 bits per heavy atom. The number of nitrogens with zero attached hydrogens (tertiary/aromatic N) is 3. The fourth-order valence-corrected chi connectivity index (χ4v) is 4.14. The minimum atomic E-state index is 0.250. The molecule has 3 aromatic carbocycles. The zero-order valence-electron chi connectivity index (χ0n) is 17.0. The van der Waals surface area contributed by atoms with E-state index in [0.29, 0.717) is 11.2 Å². The van der Waals surface area contributed by atoms with Gasteiger partial charge in [-0.15, -0.1) is 0 Å². The minimum absolute atomic E-state index is 0.250. The van der Waals surface area contributed by atoms with E-state index in [1.54, 1.807) is 0 Å². The summed E-state index contributed by atoms with van der Waals surface area (Å²) < 4.78 is 13.0. The van der Waals surface area contributed by atoms with Crippen LogP contribution >= 0.6 is 0 Å². The summed E-state index contributed by atoms with van der Waals surface area (Å²) in [7, 11) is 0. The Morgan fingerprint density at radius 3 is 2.56 bits per heavy atom. The van der Waals surface area contributed by atoms with Crippen molar-refractivity contribution < 1.29 is 9.47 Å². The average molecular weight is 415 g/mol. The number of hydrogen-bond acceptors (Lipinski definition) is 4. The Labute approximate surface area is 184 Å². The minimum Gasteiger partial charge on any atom is -0.454 e. The Bertz CT molecular complexity index is 1560. The lowest BCUT2D eigenvalue weighted by Gasteiger charge is -2.10. The third-order valence-corrected chi connectivity index (χ3v) is 5.64. The normalized spacial score (nSPS) is 12.6. The number of fused-ring (bicyclic) bond motifs is 4. The summed E-state index contributed by atoms with van der Waals surface area (Å²) in [5.74, 6) is 1.50. The van der Waals surface area contributed by atoms with Gasteiger partial charge in [0.05, 0.1) is 11.0 Å². The molecule has 0 spiro atoms. The van der Waals surface area contributed by atoms with Crippen molar-refractivity contribution in [2.24, 2.45) is 0 Å². The molecule has 0 saturated carbocycles. The van der Waals surface area contributed by atoms with Gasteiger partial charge in [-0.2, -0.15) is 5.26 Å². The van der Waals surface area contributed by atoms with Gasteiger partial charge in [-0.25, -0.2) is 4.98 Å². The van der Waals surface area contributed by atoms with Crippen LogP contribution in [0.2, 0.25) is 0 Å². The largest absolute Gasteiger partial charge is 0.454 e. The fourth-order valence-electron chi connectivity index (χ4n) is 4.14. The van der Waals surface area contributed by atoms with E-state index in [1.807, 2.05) is 89.3 Å². The van der Waals surface area contributed by atoms with Crippen LogP contribution in [0.25, 0.3) is 40.0 Å². The maximum Gasteiger partial charge on any atom is 0.231 e. The standard InChI is InChI=1S/C27H17N3O2/c28-16-22-21(19-6-2-1-3-7-19)15-20(30-24-9-5-4-8-23(24)29-27(22)30)12-10-18-11-13-25-26(14-18)32-17-31-25/h1-15H,17H2. The SMILES string of the molecule is N#Cc1c(-c2ccccc2)cc(C=Cc2ccc3c(c2)OCO3)n2c1nc1ccccc12. The predicted octanol–water partition coefficient (Wildman–Crippen LogP) is 5.93. The molecule has 6 rings (SSSR count). The number of rotatable bonds is 3. The summed E-state index contributed by atoms with van der Waals surface area (Å²) in [5.41, 5.74) is 6.81. The summed E-state index contributed by atoms with van der Waals surface area (Å²) in [4.78, 5) is 4.81. The third kappa shape index (κ3) is 2.90. The van der Waals surface area contributed by atoms with Gasteiger partial charge in [0, 0.05) is 11.3 Å². The first-order valence-corrected chi connectivity index (χ1v) is 10.3. The number of pyridine rings is 1. The lowest BCUT2D eigenvalue weighted by atomic mass is 10.00. The number of hydrogen-bond donors (Lipinski definition) is 0. The first-order valence-electron chi connectivity index (χ1n) is 10.3. The second-order valence-electron chi connectivity index (χ2n) is 7.54. The van der Waals surface area contributed by atoms with Gasteiger partial charge in [-0.05, 0) is 47.5 Å². The molecule has 1 aliphatic heterocycles. The van der Waals surface area contributed by atoms with Crippen LogP contribution in [0.1, 0.15) is 16.8 Å². The second kappa shape index (κ2) is 7.29. The van der Waals surface area contributed by atoms with Gasteiger partial charge >= 0.3 is 0 Å². The van der Waals surface area contributed by atoms with Crippen LogP contribution in [0.3, 0.4) is 0 Å². The molecule has 0 aliphatic carbocycles. The van der Waals surface area contributed by atoms with Crippen molar-refractivity contribution in [3.8, 4) is 28.7 Å². The Hall–Kier alpha value is -4.56. The molecular formula is C27H17N3O2. The molecule has 5 nitrogen and oxygen atoms in total. The molecule has 152 valence electrons. The van der Waals surface area contributed by atoms with Crippen molar-refractivity contribution in [1.29, 1.82) is 5.26 Å². The second-order valence-corrected chi connectivity index (χ2v) is 7.54. The highest BCUT2D eigenvalue weighted by molar-refractivity contribution is 5.89. The van der Waals surface area contributed by atoms with Crippen LogP contribution in [0.5, 0.6) is 11.5 Å². The van der Waals surface area contributed by atoms with Crippen molar-refractivity contribution in [3.05, 3.63) is 95.7 Å². The van der Waals surface area contributed by atoms with E-state index in [9.17, 15) is 5.26 Å². The fraction of sp³-hybridized carbons (Fsp3) is 0.0370. The quantitative estimate of drug-likeness (QED) is 0.367. The maximum absolute atomic E-state index is 10.0. The van der Waals surface area contributed by atoms with Crippen LogP contribution in [0.15, 0.2) is 78.9 Å². The van der Waals surface area contributed by atoms with E-state index < -0.39 is 0 Å². The van der Waals surface area contributed by atoms with E-state index >= 15 is 0 Å². The smallest absolute Gasteiger partial charge is 0.231 e. The number of benzene rings is 3. The Balaban J connectivity index is 1.60. The van der Waals surface area contributed by atoms with E-state index in [-0.39, 0.29) is 6.79 Å². The molecule has 2 aromatic heterocycles. The number of para-hydroxylation sites is 2. The molecule has 0 bridgehead atoms. The number of ether oxygens (including phenoxy) is 2. The van der Waals surface area contributed by atoms with E-state index in [4.69, 9.17) is 14.5 Å².